The van der Waals surface area contributed by atoms with E-state index in [1.165, 1.54) is 20.3 Å². The van der Waals surface area contributed by atoms with E-state index in [2.05, 4.69) is 15.2 Å². The predicted molar refractivity (Wildman–Crippen MR) is 96.4 cm³/mol. The van der Waals surface area contributed by atoms with Crippen LogP contribution in [0.5, 0.6) is 11.5 Å². The number of H-pyrrole nitrogens is 1. The summed E-state index contributed by atoms with van der Waals surface area (Å²) in [6, 6.07) is 3.25. The minimum absolute atomic E-state index is 0.0605. The van der Waals surface area contributed by atoms with E-state index in [-0.39, 0.29) is 4.91 Å². The Morgan fingerprint density at radius 3 is 2.76 bits per heavy atom. The number of aromatic amines is 1. The first-order valence-corrected chi connectivity index (χ1v) is 8.63. The predicted octanol–water partition coefficient (Wildman–Crippen LogP) is 3.65. The fraction of sp³-hybridized carbons (Fsp3) is 0.312. The van der Waals surface area contributed by atoms with E-state index in [9.17, 15) is 9.90 Å². The molecule has 0 bridgehead atoms. The molecule has 0 spiro atoms. The summed E-state index contributed by atoms with van der Waals surface area (Å²) < 4.78 is 10.4. The third-order valence-electron chi connectivity index (χ3n) is 3.16. The van der Waals surface area contributed by atoms with Crippen molar-refractivity contribution in [1.29, 1.82) is 0 Å². The Labute approximate surface area is 154 Å². The van der Waals surface area contributed by atoms with Gasteiger partial charge in [0, 0.05) is 6.42 Å². The summed E-state index contributed by atoms with van der Waals surface area (Å²) in [6.45, 7) is 2.03. The van der Waals surface area contributed by atoms with Gasteiger partial charge in [0.05, 0.1) is 19.2 Å². The van der Waals surface area contributed by atoms with Crippen LogP contribution in [-0.4, -0.2) is 40.5 Å². The maximum absolute atomic E-state index is 11.6. The molecule has 0 aliphatic rings. The van der Waals surface area contributed by atoms with Crippen molar-refractivity contribution in [2.24, 2.45) is 0 Å². The molecule has 2 aromatic rings. The number of nitrogens with one attached hydrogen (secondary N) is 1. The van der Waals surface area contributed by atoms with E-state index >= 15 is 0 Å². The first-order chi connectivity index (χ1) is 12.0. The third-order valence-corrected chi connectivity index (χ3v) is 4.32. The molecule has 1 heterocycles. The molecule has 0 fully saturated rings. The number of carbonyl (C=O) groups is 1. The standard InChI is InChI=1S/C16H18ClN3O4S/c1-4-5-13-18-16(20-19-13)25-12(15(21)22)8-9-6-10(17)14(24-3)11(7-9)23-2/h6-8H,4-5H2,1-3H3,(H,21,22)(H,18,19,20)/b12-8+. The van der Waals surface area contributed by atoms with Gasteiger partial charge in [-0.3, -0.25) is 5.10 Å². The van der Waals surface area contributed by atoms with E-state index in [1.54, 1.807) is 12.1 Å². The fourth-order valence-electron chi connectivity index (χ4n) is 2.08. The van der Waals surface area contributed by atoms with Gasteiger partial charge in [0.25, 0.3) is 0 Å². The van der Waals surface area contributed by atoms with Gasteiger partial charge in [-0.2, -0.15) is 0 Å². The number of nitrogens with zero attached hydrogens (tertiary/aromatic N) is 2. The summed E-state index contributed by atoms with van der Waals surface area (Å²) in [5, 5.41) is 17.0. The van der Waals surface area contributed by atoms with Crippen LogP contribution >= 0.6 is 23.4 Å². The molecule has 2 N–H and O–H groups in total. The molecule has 0 aliphatic carbocycles. The lowest BCUT2D eigenvalue weighted by Crippen LogP contribution is -1.98. The van der Waals surface area contributed by atoms with Gasteiger partial charge >= 0.3 is 5.97 Å². The molecule has 2 rings (SSSR count). The Kier molecular flexibility index (Phi) is 6.72. The second-order valence-corrected chi connectivity index (χ2v) is 6.39. The molecular weight excluding hydrogens is 366 g/mol. The number of aliphatic carboxylic acids is 1. The third kappa shape index (κ3) is 4.90. The number of hydrogen-bond acceptors (Lipinski definition) is 6. The molecule has 0 amide bonds. The van der Waals surface area contributed by atoms with Gasteiger partial charge in [-0.25, -0.2) is 9.78 Å². The van der Waals surface area contributed by atoms with Crippen molar-refractivity contribution in [3.8, 4) is 11.5 Å². The van der Waals surface area contributed by atoms with E-state index in [1.807, 2.05) is 6.92 Å². The van der Waals surface area contributed by atoms with Gasteiger partial charge in [0.1, 0.15) is 10.7 Å². The summed E-state index contributed by atoms with van der Waals surface area (Å²) in [5.41, 5.74) is 0.567. The van der Waals surface area contributed by atoms with E-state index in [0.29, 0.717) is 27.2 Å². The monoisotopic (exact) mass is 383 g/mol. The number of methoxy groups -OCH3 is 2. The van der Waals surface area contributed by atoms with Gasteiger partial charge < -0.3 is 14.6 Å². The lowest BCUT2D eigenvalue weighted by Gasteiger charge is -2.10. The number of aromatic nitrogens is 3. The average Bonchev–Trinajstić information content (AvgIpc) is 3.01. The maximum atomic E-state index is 11.6. The SMILES string of the molecule is CCCc1nc(S/C(=C/c2cc(Cl)c(OC)c(OC)c2)C(=O)O)n[nH]1. The molecular formula is C16H18ClN3O4S. The summed E-state index contributed by atoms with van der Waals surface area (Å²) in [7, 11) is 2.96. The lowest BCUT2D eigenvalue weighted by molar-refractivity contribution is -0.131. The zero-order valence-corrected chi connectivity index (χ0v) is 15.6. The number of halogens is 1. The first-order valence-electron chi connectivity index (χ1n) is 7.44. The van der Waals surface area contributed by atoms with Crippen LogP contribution in [-0.2, 0) is 11.2 Å². The maximum Gasteiger partial charge on any atom is 0.342 e. The van der Waals surface area contributed by atoms with Crippen LogP contribution in [0, 0.1) is 0 Å². The fourth-order valence-corrected chi connectivity index (χ4v) is 3.10. The highest BCUT2D eigenvalue weighted by Crippen LogP contribution is 2.37. The number of carboxylic acids is 1. The zero-order chi connectivity index (χ0) is 18.4. The number of ether oxygens (including phenoxy) is 2. The summed E-state index contributed by atoms with van der Waals surface area (Å²) in [6.07, 6.45) is 3.16. The Bertz CT molecular complexity index is 792. The van der Waals surface area contributed by atoms with E-state index in [4.69, 9.17) is 21.1 Å². The van der Waals surface area contributed by atoms with Crippen molar-refractivity contribution in [1.82, 2.24) is 15.2 Å². The number of benzene rings is 1. The molecule has 1 aromatic heterocycles. The number of rotatable bonds is 8. The summed E-state index contributed by atoms with van der Waals surface area (Å²) in [4.78, 5) is 15.9. The quantitative estimate of drug-likeness (QED) is 0.530. The van der Waals surface area contributed by atoms with Crippen molar-refractivity contribution < 1.29 is 19.4 Å². The van der Waals surface area contributed by atoms with Crippen molar-refractivity contribution >= 4 is 35.4 Å². The normalized spacial score (nSPS) is 11.4. The zero-order valence-electron chi connectivity index (χ0n) is 14.0. The van der Waals surface area contributed by atoms with Crippen molar-refractivity contribution in [2.75, 3.05) is 14.2 Å². The van der Waals surface area contributed by atoms with Gasteiger partial charge in [0.15, 0.2) is 11.5 Å². The topological polar surface area (TPSA) is 97.3 Å². The molecule has 0 aliphatic heterocycles. The Hall–Kier alpha value is -2.19. The largest absolute Gasteiger partial charge is 0.493 e. The number of thioether (sulfide) groups is 1. The number of aryl methyl sites for hydroxylation is 1. The van der Waals surface area contributed by atoms with Gasteiger partial charge in [-0.15, -0.1) is 5.10 Å². The smallest absolute Gasteiger partial charge is 0.342 e. The number of hydrogen-bond donors (Lipinski definition) is 2. The molecule has 134 valence electrons. The van der Waals surface area contributed by atoms with Crippen molar-refractivity contribution in [3.05, 3.63) is 33.4 Å². The Morgan fingerprint density at radius 2 is 2.16 bits per heavy atom. The average molecular weight is 384 g/mol. The van der Waals surface area contributed by atoms with Crippen LogP contribution in [0.15, 0.2) is 22.2 Å². The van der Waals surface area contributed by atoms with Crippen LogP contribution in [0.2, 0.25) is 5.02 Å². The van der Waals surface area contributed by atoms with Crippen molar-refractivity contribution in [3.63, 3.8) is 0 Å². The second kappa shape index (κ2) is 8.77. The Balaban J connectivity index is 2.33. The molecule has 7 nitrogen and oxygen atoms in total. The number of carboxylic acid groups (broad SMARTS) is 1. The van der Waals surface area contributed by atoms with Crippen LogP contribution in [0.25, 0.3) is 6.08 Å². The molecule has 0 saturated heterocycles. The van der Waals surface area contributed by atoms with Gasteiger partial charge in [-0.05, 0) is 42.0 Å². The first kappa shape index (κ1) is 19.1. The molecule has 0 radical (unpaired) electrons. The molecule has 9 heteroatoms. The molecule has 0 unspecified atom stereocenters. The molecule has 25 heavy (non-hydrogen) atoms. The van der Waals surface area contributed by atoms with E-state index in [0.717, 1.165) is 30.4 Å². The summed E-state index contributed by atoms with van der Waals surface area (Å²) in [5.74, 6) is 0.449. The van der Waals surface area contributed by atoms with E-state index < -0.39 is 5.97 Å². The second-order valence-electron chi connectivity index (χ2n) is 4.97. The van der Waals surface area contributed by atoms with Crippen molar-refractivity contribution in [2.45, 2.75) is 24.9 Å². The molecule has 1 aromatic carbocycles. The van der Waals surface area contributed by atoms with Crippen LogP contribution < -0.4 is 9.47 Å². The minimum Gasteiger partial charge on any atom is -0.493 e. The minimum atomic E-state index is -1.09. The van der Waals surface area contributed by atoms with Gasteiger partial charge in [0.2, 0.25) is 5.16 Å². The highest BCUT2D eigenvalue weighted by molar-refractivity contribution is 8.04. The highest BCUT2D eigenvalue weighted by atomic mass is 35.5. The van der Waals surface area contributed by atoms with Gasteiger partial charge in [-0.1, -0.05) is 18.5 Å². The highest BCUT2D eigenvalue weighted by Gasteiger charge is 2.16. The molecule has 0 atom stereocenters. The summed E-state index contributed by atoms with van der Waals surface area (Å²) >= 11 is 7.12. The Morgan fingerprint density at radius 1 is 1.40 bits per heavy atom. The molecule has 0 saturated carbocycles. The van der Waals surface area contributed by atoms with Crippen LogP contribution in [0.3, 0.4) is 0 Å². The van der Waals surface area contributed by atoms with Crippen LogP contribution in [0.1, 0.15) is 24.7 Å². The van der Waals surface area contributed by atoms with Crippen LogP contribution in [0.4, 0.5) is 0 Å². The lowest BCUT2D eigenvalue weighted by atomic mass is 10.2.